The van der Waals surface area contributed by atoms with E-state index in [9.17, 15) is 4.79 Å². The Bertz CT molecular complexity index is 1060. The Labute approximate surface area is 176 Å². The molecule has 0 N–H and O–H groups in total. The lowest BCUT2D eigenvalue weighted by molar-refractivity contribution is 0.103. The van der Waals surface area contributed by atoms with E-state index in [1.54, 1.807) is 6.20 Å². The lowest BCUT2D eigenvalue weighted by atomic mass is 9.97. The van der Waals surface area contributed by atoms with Crippen LogP contribution in [0, 0.1) is 6.92 Å². The lowest BCUT2D eigenvalue weighted by Crippen LogP contribution is -2.31. The van der Waals surface area contributed by atoms with E-state index in [4.69, 9.17) is 9.47 Å². The first kappa shape index (κ1) is 19.5. The maximum Gasteiger partial charge on any atom is 0.231 e. The molecule has 3 heterocycles. The molecule has 0 atom stereocenters. The molecule has 5 rings (SSSR count). The third-order valence-electron chi connectivity index (χ3n) is 5.56. The van der Waals surface area contributed by atoms with Gasteiger partial charge in [-0.1, -0.05) is 29.8 Å². The monoisotopic (exact) mass is 410 g/mol. The van der Waals surface area contributed by atoms with Gasteiger partial charge in [0.2, 0.25) is 6.79 Å². The molecule has 1 fully saturated rings. The Morgan fingerprint density at radius 1 is 1.00 bits per heavy atom. The molecule has 0 amide bonds. The van der Waals surface area contributed by atoms with Gasteiger partial charge >= 0.3 is 0 Å². The van der Waals surface area contributed by atoms with Crippen LogP contribution >= 0.6 is 12.4 Å². The summed E-state index contributed by atoms with van der Waals surface area (Å²) in [6.07, 6.45) is 5.21. The Hall–Kier alpha value is -2.79. The van der Waals surface area contributed by atoms with Crippen molar-refractivity contribution in [1.82, 2.24) is 4.98 Å². The molecule has 2 aromatic carbocycles. The summed E-state index contributed by atoms with van der Waals surface area (Å²) in [5.74, 6) is 1.43. The van der Waals surface area contributed by atoms with Crippen LogP contribution in [-0.2, 0) is 0 Å². The molecule has 0 saturated carbocycles. The van der Waals surface area contributed by atoms with Gasteiger partial charge in [0.05, 0.1) is 16.8 Å². The van der Waals surface area contributed by atoms with Gasteiger partial charge in [-0.15, -0.1) is 12.4 Å². The first-order valence-electron chi connectivity index (χ1n) is 9.79. The zero-order valence-electron chi connectivity index (χ0n) is 16.3. The van der Waals surface area contributed by atoms with Crippen LogP contribution in [0.3, 0.4) is 0 Å². The molecular formula is C23H23ClN2O3. The zero-order valence-corrected chi connectivity index (χ0v) is 17.1. The number of fused-ring (bicyclic) bond motifs is 2. The quantitative estimate of drug-likeness (QED) is 0.574. The number of carbonyl (C=O) groups excluding carboxylic acids is 1. The molecule has 2 aliphatic rings. The maximum atomic E-state index is 13.4. The number of ketones is 1. The predicted octanol–water partition coefficient (Wildman–Crippen LogP) is 4.92. The average molecular weight is 411 g/mol. The van der Waals surface area contributed by atoms with E-state index in [2.05, 4.69) is 9.88 Å². The number of halogens is 1. The fraction of sp³-hybridized carbons (Fsp3) is 0.304. The highest BCUT2D eigenvalue weighted by Gasteiger charge is 2.25. The number of aromatic nitrogens is 1. The Morgan fingerprint density at radius 2 is 1.69 bits per heavy atom. The number of ether oxygens (including phenoxy) is 2. The lowest BCUT2D eigenvalue weighted by Gasteiger charge is -2.31. The smallest absolute Gasteiger partial charge is 0.231 e. The first-order valence-corrected chi connectivity index (χ1v) is 9.79. The summed E-state index contributed by atoms with van der Waals surface area (Å²) < 4.78 is 11.1. The molecule has 0 aliphatic carbocycles. The normalized spacial score (nSPS) is 15.3. The van der Waals surface area contributed by atoms with E-state index in [1.807, 2.05) is 43.3 Å². The number of carbonyl (C=O) groups is 1. The van der Waals surface area contributed by atoms with E-state index in [-0.39, 0.29) is 25.0 Å². The van der Waals surface area contributed by atoms with Crippen molar-refractivity contribution in [2.45, 2.75) is 26.2 Å². The number of nitrogens with zero attached hydrogens (tertiary/aromatic N) is 2. The van der Waals surface area contributed by atoms with Crippen LogP contribution in [0.1, 0.15) is 40.7 Å². The van der Waals surface area contributed by atoms with Crippen LogP contribution in [0.2, 0.25) is 0 Å². The van der Waals surface area contributed by atoms with Crippen molar-refractivity contribution in [3.63, 3.8) is 0 Å². The standard InChI is InChI=1S/C23H22N2O3.ClH/c1-15-5-7-16(8-6-15)23(26)18-13-24-19-12-21-20(27-14-28-21)11-17(19)22(18)25-9-3-2-4-10-25;/h5-8,11-13H,2-4,9-10,14H2,1H3;1H. The summed E-state index contributed by atoms with van der Waals surface area (Å²) in [6.45, 7) is 4.14. The summed E-state index contributed by atoms with van der Waals surface area (Å²) in [5, 5.41) is 0.948. The SMILES string of the molecule is Cc1ccc(C(=O)c2cnc3cc4c(cc3c2N2CCCCC2)OCO4)cc1.Cl. The first-order chi connectivity index (χ1) is 13.7. The Kier molecular flexibility index (Phi) is 5.33. The van der Waals surface area contributed by atoms with Crippen molar-refractivity contribution >= 4 is 34.8 Å². The van der Waals surface area contributed by atoms with E-state index < -0.39 is 0 Å². The summed E-state index contributed by atoms with van der Waals surface area (Å²) in [5.41, 5.74) is 4.26. The van der Waals surface area contributed by atoms with Crippen LogP contribution in [0.25, 0.3) is 10.9 Å². The molecule has 0 bridgehead atoms. The highest BCUT2D eigenvalue weighted by molar-refractivity contribution is 6.16. The fourth-order valence-corrected chi connectivity index (χ4v) is 4.05. The summed E-state index contributed by atoms with van der Waals surface area (Å²) >= 11 is 0. The maximum absolute atomic E-state index is 13.4. The average Bonchev–Trinajstić information content (AvgIpc) is 3.19. The van der Waals surface area contributed by atoms with Crippen LogP contribution in [0.4, 0.5) is 5.69 Å². The number of anilines is 1. The minimum atomic E-state index is 0. The minimum absolute atomic E-state index is 0. The van der Waals surface area contributed by atoms with Crippen LogP contribution in [0.15, 0.2) is 42.6 Å². The fourth-order valence-electron chi connectivity index (χ4n) is 4.05. The van der Waals surface area contributed by atoms with Gasteiger partial charge in [-0.05, 0) is 32.3 Å². The van der Waals surface area contributed by atoms with Crippen LogP contribution in [0.5, 0.6) is 11.5 Å². The van der Waals surface area contributed by atoms with E-state index in [0.717, 1.165) is 48.1 Å². The number of pyridine rings is 1. The highest BCUT2D eigenvalue weighted by atomic mass is 35.5. The van der Waals surface area contributed by atoms with Gasteiger partial charge in [-0.25, -0.2) is 0 Å². The molecule has 0 unspecified atom stereocenters. The number of piperidine rings is 1. The van der Waals surface area contributed by atoms with Crippen molar-refractivity contribution in [3.05, 3.63) is 59.3 Å². The highest BCUT2D eigenvalue weighted by Crippen LogP contribution is 2.41. The second-order valence-corrected chi connectivity index (χ2v) is 7.49. The number of aryl methyl sites for hydroxylation is 1. The molecule has 3 aromatic rings. The van der Waals surface area contributed by atoms with Gasteiger partial charge in [0.1, 0.15) is 0 Å². The molecule has 5 nitrogen and oxygen atoms in total. The molecule has 0 radical (unpaired) electrons. The molecular weight excluding hydrogens is 388 g/mol. The Balaban J connectivity index is 0.00000205. The summed E-state index contributed by atoms with van der Waals surface area (Å²) in [7, 11) is 0. The van der Waals surface area contributed by atoms with Crippen molar-refractivity contribution < 1.29 is 14.3 Å². The number of hydrogen-bond acceptors (Lipinski definition) is 5. The van der Waals surface area contributed by atoms with Gasteiger partial charge in [-0.3, -0.25) is 9.78 Å². The van der Waals surface area contributed by atoms with Crippen molar-refractivity contribution in [1.29, 1.82) is 0 Å². The van der Waals surface area contributed by atoms with Crippen LogP contribution < -0.4 is 14.4 Å². The third kappa shape index (κ3) is 3.51. The van der Waals surface area contributed by atoms with Gasteiger partial charge < -0.3 is 14.4 Å². The van der Waals surface area contributed by atoms with Gasteiger partial charge in [0.15, 0.2) is 17.3 Å². The third-order valence-corrected chi connectivity index (χ3v) is 5.56. The molecule has 6 heteroatoms. The predicted molar refractivity (Wildman–Crippen MR) is 116 cm³/mol. The second-order valence-electron chi connectivity index (χ2n) is 7.49. The van der Waals surface area contributed by atoms with E-state index >= 15 is 0 Å². The molecule has 1 aromatic heterocycles. The summed E-state index contributed by atoms with van der Waals surface area (Å²) in [4.78, 5) is 20.3. The number of benzene rings is 2. The van der Waals surface area contributed by atoms with Crippen molar-refractivity contribution in [2.24, 2.45) is 0 Å². The molecule has 1 saturated heterocycles. The van der Waals surface area contributed by atoms with Crippen molar-refractivity contribution in [2.75, 3.05) is 24.8 Å². The van der Waals surface area contributed by atoms with E-state index in [1.165, 1.54) is 6.42 Å². The molecule has 150 valence electrons. The zero-order chi connectivity index (χ0) is 19.1. The second kappa shape index (κ2) is 7.91. The largest absolute Gasteiger partial charge is 0.454 e. The Morgan fingerprint density at radius 3 is 2.41 bits per heavy atom. The summed E-state index contributed by atoms with van der Waals surface area (Å²) in [6, 6.07) is 11.6. The van der Waals surface area contributed by atoms with Gasteiger partial charge in [0, 0.05) is 36.3 Å². The topological polar surface area (TPSA) is 51.7 Å². The molecule has 2 aliphatic heterocycles. The minimum Gasteiger partial charge on any atom is -0.454 e. The van der Waals surface area contributed by atoms with Gasteiger partial charge in [0.25, 0.3) is 0 Å². The van der Waals surface area contributed by atoms with Crippen LogP contribution in [-0.4, -0.2) is 30.6 Å². The van der Waals surface area contributed by atoms with Crippen molar-refractivity contribution in [3.8, 4) is 11.5 Å². The van der Waals surface area contributed by atoms with E-state index in [0.29, 0.717) is 22.6 Å². The number of hydrogen-bond donors (Lipinski definition) is 0. The molecule has 29 heavy (non-hydrogen) atoms. The number of rotatable bonds is 3. The van der Waals surface area contributed by atoms with Gasteiger partial charge in [-0.2, -0.15) is 0 Å². The molecule has 0 spiro atoms.